The van der Waals surface area contributed by atoms with Crippen molar-refractivity contribution >= 4 is 28.5 Å². The first kappa shape index (κ1) is 15.3. The zero-order valence-electron chi connectivity index (χ0n) is 12.3. The van der Waals surface area contributed by atoms with Gasteiger partial charge in [-0.3, -0.25) is 19.1 Å². The van der Waals surface area contributed by atoms with Gasteiger partial charge in [0.05, 0.1) is 11.1 Å². The maximum absolute atomic E-state index is 12.0. The van der Waals surface area contributed by atoms with Gasteiger partial charge in [0.2, 0.25) is 5.88 Å². The lowest BCUT2D eigenvalue weighted by Crippen LogP contribution is -2.07. The molecule has 120 valence electrons. The van der Waals surface area contributed by atoms with Crippen LogP contribution in [0.5, 0.6) is 5.88 Å². The number of azo groups is 1. The summed E-state index contributed by atoms with van der Waals surface area (Å²) in [6.45, 7) is -0.432. The van der Waals surface area contributed by atoms with Gasteiger partial charge in [-0.1, -0.05) is 18.2 Å². The van der Waals surface area contributed by atoms with E-state index in [4.69, 9.17) is 5.11 Å². The average Bonchev–Trinajstić information content (AvgIpc) is 2.85. The van der Waals surface area contributed by atoms with E-state index in [1.807, 2.05) is 0 Å². The molecule has 24 heavy (non-hydrogen) atoms. The van der Waals surface area contributed by atoms with Gasteiger partial charge < -0.3 is 10.2 Å². The molecular weight excluding hydrogens is 312 g/mol. The molecule has 0 aliphatic carbocycles. The standard InChI is InChI=1S/C16H12N4O4/c21-13(22)9-20-12-6-2-1-5-11(12)14(16(20)24)18-19-15(23)10-4-3-7-17-8-10/h1-8,24H,9H2,(H,21,22). The zero-order valence-corrected chi connectivity index (χ0v) is 12.3. The van der Waals surface area contributed by atoms with Crippen LogP contribution in [0.15, 0.2) is 59.0 Å². The van der Waals surface area contributed by atoms with Gasteiger partial charge in [0.1, 0.15) is 6.54 Å². The van der Waals surface area contributed by atoms with Gasteiger partial charge in [0.25, 0.3) is 5.91 Å². The molecular formula is C16H12N4O4. The molecule has 1 aromatic carbocycles. The second kappa shape index (κ2) is 6.29. The smallest absolute Gasteiger partial charge is 0.323 e. The van der Waals surface area contributed by atoms with Crippen LogP contribution in [0.3, 0.4) is 0 Å². The van der Waals surface area contributed by atoms with Crippen LogP contribution in [0.4, 0.5) is 5.69 Å². The lowest BCUT2D eigenvalue weighted by molar-refractivity contribution is -0.137. The number of carboxylic acid groups (broad SMARTS) is 1. The van der Waals surface area contributed by atoms with E-state index < -0.39 is 18.4 Å². The predicted octanol–water partition coefficient (Wildman–Crippen LogP) is 2.75. The summed E-state index contributed by atoms with van der Waals surface area (Å²) in [7, 11) is 0. The van der Waals surface area contributed by atoms with Gasteiger partial charge in [-0.05, 0) is 18.2 Å². The summed E-state index contributed by atoms with van der Waals surface area (Å²) in [5.74, 6) is -2.08. The molecule has 0 saturated heterocycles. The number of aliphatic carboxylic acids is 1. The molecule has 3 aromatic rings. The van der Waals surface area contributed by atoms with Crippen molar-refractivity contribution in [3.8, 4) is 5.88 Å². The molecule has 0 fully saturated rings. The fraction of sp³-hybridized carbons (Fsp3) is 0.0625. The molecule has 0 unspecified atom stereocenters. The molecule has 0 aliphatic heterocycles. The first-order valence-electron chi connectivity index (χ1n) is 6.96. The van der Waals surface area contributed by atoms with Crippen LogP contribution in [0.2, 0.25) is 0 Å². The van der Waals surface area contributed by atoms with E-state index in [0.29, 0.717) is 10.9 Å². The van der Waals surface area contributed by atoms with E-state index in [1.54, 1.807) is 36.4 Å². The van der Waals surface area contributed by atoms with Gasteiger partial charge >= 0.3 is 5.97 Å². The Morgan fingerprint density at radius 2 is 1.96 bits per heavy atom. The summed E-state index contributed by atoms with van der Waals surface area (Å²) < 4.78 is 1.20. The van der Waals surface area contributed by atoms with Crippen molar-refractivity contribution in [3.63, 3.8) is 0 Å². The minimum atomic E-state index is -1.11. The highest BCUT2D eigenvalue weighted by molar-refractivity contribution is 5.97. The number of amides is 1. The number of carboxylic acids is 1. The molecule has 0 atom stereocenters. The lowest BCUT2D eigenvalue weighted by Gasteiger charge is -2.02. The summed E-state index contributed by atoms with van der Waals surface area (Å²) in [6.07, 6.45) is 2.88. The van der Waals surface area contributed by atoms with Crippen LogP contribution in [-0.4, -0.2) is 31.6 Å². The molecule has 2 N–H and O–H groups in total. The van der Waals surface area contributed by atoms with E-state index in [2.05, 4.69) is 15.2 Å². The van der Waals surface area contributed by atoms with Crippen molar-refractivity contribution in [2.75, 3.05) is 0 Å². The summed E-state index contributed by atoms with van der Waals surface area (Å²) in [5, 5.41) is 27.2. The fourth-order valence-electron chi connectivity index (χ4n) is 2.31. The maximum atomic E-state index is 12.0. The van der Waals surface area contributed by atoms with Crippen molar-refractivity contribution in [2.45, 2.75) is 6.54 Å². The molecule has 2 aromatic heterocycles. The van der Waals surface area contributed by atoms with Crippen molar-refractivity contribution in [2.24, 2.45) is 10.2 Å². The van der Waals surface area contributed by atoms with Crippen molar-refractivity contribution < 1.29 is 19.8 Å². The zero-order chi connectivity index (χ0) is 17.1. The topological polar surface area (TPSA) is 117 Å². The lowest BCUT2D eigenvalue weighted by atomic mass is 10.2. The first-order chi connectivity index (χ1) is 11.6. The number of carbonyl (C=O) groups is 2. The van der Waals surface area contributed by atoms with Crippen LogP contribution in [0, 0.1) is 0 Å². The molecule has 2 heterocycles. The summed E-state index contributed by atoms with van der Waals surface area (Å²) in [4.78, 5) is 26.8. The quantitative estimate of drug-likeness (QED) is 0.716. The SMILES string of the molecule is O=C(O)Cn1c(O)c(N=NC(=O)c2cccnc2)c2ccccc21. The van der Waals surface area contributed by atoms with Gasteiger partial charge in [0.15, 0.2) is 5.69 Å². The first-order valence-corrected chi connectivity index (χ1v) is 6.96. The highest BCUT2D eigenvalue weighted by atomic mass is 16.4. The maximum Gasteiger partial charge on any atom is 0.323 e. The van der Waals surface area contributed by atoms with E-state index in [9.17, 15) is 14.7 Å². The van der Waals surface area contributed by atoms with Crippen LogP contribution in [0.25, 0.3) is 10.9 Å². The number of benzene rings is 1. The van der Waals surface area contributed by atoms with Gasteiger partial charge in [-0.2, -0.15) is 0 Å². The molecule has 0 spiro atoms. The van der Waals surface area contributed by atoms with E-state index in [0.717, 1.165) is 0 Å². The Hall–Kier alpha value is -3.55. The Balaban J connectivity index is 2.03. The molecule has 0 bridgehead atoms. The third-order valence-corrected chi connectivity index (χ3v) is 3.36. The van der Waals surface area contributed by atoms with Crippen LogP contribution in [-0.2, 0) is 11.3 Å². The Bertz CT molecular complexity index is 947. The second-order valence-electron chi connectivity index (χ2n) is 4.92. The minimum absolute atomic E-state index is 0.0455. The Labute approximate surface area is 135 Å². The highest BCUT2D eigenvalue weighted by Gasteiger charge is 2.18. The van der Waals surface area contributed by atoms with E-state index >= 15 is 0 Å². The number of rotatable bonds is 4. The Kier molecular flexibility index (Phi) is 4.02. The van der Waals surface area contributed by atoms with Crippen molar-refractivity contribution in [1.82, 2.24) is 9.55 Å². The molecule has 0 radical (unpaired) electrons. The van der Waals surface area contributed by atoms with E-state index in [1.165, 1.54) is 17.0 Å². The number of pyridine rings is 1. The number of fused-ring (bicyclic) bond motifs is 1. The van der Waals surface area contributed by atoms with Crippen molar-refractivity contribution in [3.05, 3.63) is 54.4 Å². The molecule has 3 rings (SSSR count). The number of para-hydroxylation sites is 1. The fourth-order valence-corrected chi connectivity index (χ4v) is 2.31. The average molecular weight is 324 g/mol. The number of aromatic hydroxyl groups is 1. The minimum Gasteiger partial charge on any atom is -0.493 e. The monoisotopic (exact) mass is 324 g/mol. The molecule has 8 nitrogen and oxygen atoms in total. The summed E-state index contributed by atoms with van der Waals surface area (Å²) in [5.41, 5.74) is 0.791. The van der Waals surface area contributed by atoms with Crippen LogP contribution in [0.1, 0.15) is 10.4 Å². The van der Waals surface area contributed by atoms with Crippen LogP contribution >= 0.6 is 0 Å². The Morgan fingerprint density at radius 1 is 1.17 bits per heavy atom. The van der Waals surface area contributed by atoms with Gasteiger partial charge in [0, 0.05) is 17.8 Å². The number of aromatic nitrogens is 2. The number of hydrogen-bond acceptors (Lipinski definition) is 5. The largest absolute Gasteiger partial charge is 0.493 e. The number of hydrogen-bond donors (Lipinski definition) is 2. The number of nitrogens with zero attached hydrogens (tertiary/aromatic N) is 4. The van der Waals surface area contributed by atoms with Crippen molar-refractivity contribution in [1.29, 1.82) is 0 Å². The predicted molar refractivity (Wildman–Crippen MR) is 84.3 cm³/mol. The number of carbonyl (C=O) groups excluding carboxylic acids is 1. The highest BCUT2D eigenvalue weighted by Crippen LogP contribution is 2.38. The normalized spacial score (nSPS) is 11.2. The third-order valence-electron chi connectivity index (χ3n) is 3.36. The van der Waals surface area contributed by atoms with E-state index in [-0.39, 0.29) is 17.1 Å². The summed E-state index contributed by atoms with van der Waals surface area (Å²) >= 11 is 0. The molecule has 0 saturated carbocycles. The second-order valence-corrected chi connectivity index (χ2v) is 4.92. The molecule has 1 amide bonds. The van der Waals surface area contributed by atoms with Gasteiger partial charge in [-0.25, -0.2) is 0 Å². The summed E-state index contributed by atoms with van der Waals surface area (Å²) in [6, 6.07) is 9.88. The van der Waals surface area contributed by atoms with Crippen LogP contribution < -0.4 is 0 Å². The third kappa shape index (κ3) is 2.84. The molecule has 0 aliphatic rings. The Morgan fingerprint density at radius 3 is 2.67 bits per heavy atom. The molecule has 8 heteroatoms. The van der Waals surface area contributed by atoms with Gasteiger partial charge in [-0.15, -0.1) is 10.2 Å².